The summed E-state index contributed by atoms with van der Waals surface area (Å²) in [7, 11) is 0. The molecule has 0 unspecified atom stereocenters. The van der Waals surface area contributed by atoms with Crippen LogP contribution >= 0.6 is 11.8 Å². The average molecular weight is 398 g/mol. The number of nitrogens with zero attached hydrogens (tertiary/aromatic N) is 3. The summed E-state index contributed by atoms with van der Waals surface area (Å²) in [4.78, 5) is 27.0. The smallest absolute Gasteiger partial charge is 0.321 e. The van der Waals surface area contributed by atoms with Crippen molar-refractivity contribution in [1.29, 1.82) is 0 Å². The van der Waals surface area contributed by atoms with Crippen molar-refractivity contribution in [1.82, 2.24) is 30.4 Å². The van der Waals surface area contributed by atoms with Gasteiger partial charge >= 0.3 is 6.03 Å². The molecule has 0 atom stereocenters. The van der Waals surface area contributed by atoms with E-state index in [-0.39, 0.29) is 17.7 Å². The van der Waals surface area contributed by atoms with Crippen LogP contribution in [0, 0.1) is 0 Å². The van der Waals surface area contributed by atoms with E-state index in [1.54, 1.807) is 0 Å². The molecule has 0 aliphatic heterocycles. The zero-order valence-electron chi connectivity index (χ0n) is 15.7. The van der Waals surface area contributed by atoms with Gasteiger partial charge < -0.3 is 10.3 Å². The normalized spacial score (nSPS) is 13.8. The molecule has 1 aliphatic rings. The number of hydrogen-bond acceptors (Lipinski definition) is 5. The molecule has 0 radical (unpaired) electrons. The summed E-state index contributed by atoms with van der Waals surface area (Å²) in [6.45, 7) is 3.67. The molecule has 1 fully saturated rings. The second-order valence-electron chi connectivity index (χ2n) is 7.12. The summed E-state index contributed by atoms with van der Waals surface area (Å²) in [5.74, 6) is 0.548. The molecule has 1 aromatic carbocycles. The molecular weight excluding hydrogens is 376 g/mol. The number of H-pyrrole nitrogens is 1. The van der Waals surface area contributed by atoms with Gasteiger partial charge in [-0.3, -0.25) is 14.7 Å². The predicted octanol–water partition coefficient (Wildman–Crippen LogP) is 3.09. The second kappa shape index (κ2) is 7.67. The van der Waals surface area contributed by atoms with E-state index in [1.165, 1.54) is 11.8 Å². The summed E-state index contributed by atoms with van der Waals surface area (Å²) >= 11 is 1.29. The lowest BCUT2D eigenvalue weighted by atomic mass is 10.1. The molecule has 28 heavy (non-hydrogen) atoms. The van der Waals surface area contributed by atoms with Crippen LogP contribution in [0.4, 0.5) is 4.79 Å². The lowest BCUT2D eigenvalue weighted by Crippen LogP contribution is -2.43. The quantitative estimate of drug-likeness (QED) is 0.554. The number of carbonyl (C=O) groups is 2. The third-order valence-corrected chi connectivity index (χ3v) is 5.35. The van der Waals surface area contributed by atoms with Crippen LogP contribution in [0.25, 0.3) is 22.3 Å². The van der Waals surface area contributed by atoms with E-state index in [0.717, 1.165) is 35.1 Å². The first-order valence-electron chi connectivity index (χ1n) is 9.27. The van der Waals surface area contributed by atoms with Gasteiger partial charge in [0.25, 0.3) is 0 Å². The maximum Gasteiger partial charge on any atom is 0.321 e. The van der Waals surface area contributed by atoms with Crippen molar-refractivity contribution in [2.45, 2.75) is 43.9 Å². The Bertz CT molecular complexity index is 1020. The van der Waals surface area contributed by atoms with Crippen molar-refractivity contribution in [3.63, 3.8) is 0 Å². The van der Waals surface area contributed by atoms with Gasteiger partial charge in [-0.1, -0.05) is 30.0 Å². The summed E-state index contributed by atoms with van der Waals surface area (Å²) < 4.78 is 2.11. The first-order valence-corrected chi connectivity index (χ1v) is 10.3. The number of urea groups is 1. The Morgan fingerprint density at radius 1 is 1.29 bits per heavy atom. The van der Waals surface area contributed by atoms with E-state index < -0.39 is 6.03 Å². The maximum atomic E-state index is 12.1. The lowest BCUT2D eigenvalue weighted by molar-refractivity contribution is -0.117. The van der Waals surface area contributed by atoms with E-state index >= 15 is 0 Å². The van der Waals surface area contributed by atoms with Gasteiger partial charge in [0.15, 0.2) is 11.0 Å². The summed E-state index contributed by atoms with van der Waals surface area (Å²) in [6.07, 6.45) is 4.10. The van der Waals surface area contributed by atoms with Gasteiger partial charge in [0.05, 0.1) is 5.75 Å². The first-order chi connectivity index (χ1) is 13.5. The van der Waals surface area contributed by atoms with Crippen LogP contribution in [0.15, 0.2) is 35.6 Å². The van der Waals surface area contributed by atoms with Crippen molar-refractivity contribution in [3.05, 3.63) is 30.5 Å². The summed E-state index contributed by atoms with van der Waals surface area (Å²) in [6, 6.07) is 7.91. The molecule has 2 heterocycles. The van der Waals surface area contributed by atoms with Gasteiger partial charge in [0.2, 0.25) is 5.91 Å². The number of hydrogen-bond donors (Lipinski definition) is 3. The number of benzene rings is 1. The Labute approximate surface area is 166 Å². The summed E-state index contributed by atoms with van der Waals surface area (Å²) in [5.41, 5.74) is 2.05. The van der Waals surface area contributed by atoms with Crippen LogP contribution in [0.5, 0.6) is 0 Å². The molecule has 9 heteroatoms. The van der Waals surface area contributed by atoms with Gasteiger partial charge in [0, 0.05) is 34.7 Å². The minimum atomic E-state index is -0.483. The number of fused-ring (bicyclic) bond motifs is 1. The Kier molecular flexibility index (Phi) is 5.08. The third kappa shape index (κ3) is 3.89. The molecule has 0 bridgehead atoms. The lowest BCUT2D eigenvalue weighted by Gasteiger charge is -2.10. The number of carbonyl (C=O) groups excluding carboxylic acids is 2. The van der Waals surface area contributed by atoms with Gasteiger partial charge in [-0.2, -0.15) is 0 Å². The predicted molar refractivity (Wildman–Crippen MR) is 108 cm³/mol. The second-order valence-corrected chi connectivity index (χ2v) is 8.06. The first kappa shape index (κ1) is 18.5. The van der Waals surface area contributed by atoms with Gasteiger partial charge in [-0.25, -0.2) is 4.79 Å². The van der Waals surface area contributed by atoms with Crippen LogP contribution in [-0.2, 0) is 4.79 Å². The Hall–Kier alpha value is -2.81. The van der Waals surface area contributed by atoms with E-state index in [4.69, 9.17) is 0 Å². The zero-order chi connectivity index (χ0) is 19.7. The van der Waals surface area contributed by atoms with Crippen molar-refractivity contribution in [2.24, 2.45) is 0 Å². The molecule has 3 N–H and O–H groups in total. The van der Waals surface area contributed by atoms with Crippen molar-refractivity contribution < 1.29 is 9.59 Å². The number of aromatic nitrogens is 4. The van der Waals surface area contributed by atoms with E-state index in [0.29, 0.717) is 11.2 Å². The van der Waals surface area contributed by atoms with Gasteiger partial charge in [0.1, 0.15) is 0 Å². The number of rotatable bonds is 6. The fourth-order valence-electron chi connectivity index (χ4n) is 3.07. The molecule has 1 saturated carbocycles. The van der Waals surface area contributed by atoms with E-state index in [2.05, 4.69) is 36.4 Å². The molecule has 3 amide bonds. The minimum Gasteiger partial charge on any atom is -0.360 e. The largest absolute Gasteiger partial charge is 0.360 e. The molecule has 3 aromatic rings. The number of aromatic amines is 1. The fraction of sp³-hybridized carbons (Fsp3) is 0.368. The van der Waals surface area contributed by atoms with E-state index in [9.17, 15) is 9.59 Å². The highest BCUT2D eigenvalue weighted by molar-refractivity contribution is 7.99. The highest BCUT2D eigenvalue weighted by Crippen LogP contribution is 2.42. The van der Waals surface area contributed by atoms with Gasteiger partial charge in [-0.15, -0.1) is 10.2 Å². The minimum absolute atomic E-state index is 0.0304. The molecule has 0 spiro atoms. The molecular formula is C19H22N6O2S. The summed E-state index contributed by atoms with van der Waals surface area (Å²) in [5, 5.41) is 15.5. The Morgan fingerprint density at radius 3 is 2.82 bits per heavy atom. The van der Waals surface area contributed by atoms with Crippen molar-refractivity contribution in [3.8, 4) is 11.4 Å². The van der Waals surface area contributed by atoms with Crippen LogP contribution in [-0.4, -0.2) is 43.5 Å². The Balaban J connectivity index is 1.52. The van der Waals surface area contributed by atoms with Crippen LogP contribution in [0.2, 0.25) is 0 Å². The number of para-hydroxylation sites is 1. The molecule has 2 aromatic heterocycles. The topological polar surface area (TPSA) is 105 Å². The van der Waals surface area contributed by atoms with Crippen LogP contribution in [0.1, 0.15) is 32.7 Å². The monoisotopic (exact) mass is 398 g/mol. The number of amides is 3. The number of nitrogens with one attached hydrogen (secondary N) is 3. The Morgan fingerprint density at radius 2 is 2.07 bits per heavy atom. The van der Waals surface area contributed by atoms with Crippen molar-refractivity contribution in [2.75, 3.05) is 5.75 Å². The molecule has 1 aliphatic carbocycles. The molecule has 4 rings (SSSR count). The average Bonchev–Trinajstić information content (AvgIpc) is 3.25. The molecule has 146 valence electrons. The van der Waals surface area contributed by atoms with E-state index in [1.807, 2.05) is 38.2 Å². The van der Waals surface area contributed by atoms with Crippen molar-refractivity contribution >= 4 is 34.6 Å². The van der Waals surface area contributed by atoms with Crippen LogP contribution in [0.3, 0.4) is 0 Å². The SMILES string of the molecule is CC(C)NC(=O)NC(=O)CSc1nnc(-c2c[nH]c3ccccc23)n1C1CC1. The third-order valence-electron chi connectivity index (χ3n) is 4.41. The standard InChI is InChI=1S/C19H22N6O2S/c1-11(2)21-18(27)22-16(26)10-28-19-24-23-17(25(19)12-7-8-12)14-9-20-15-6-4-3-5-13(14)15/h3-6,9,11-12,20H,7-8,10H2,1-2H3,(H2,21,22,26,27). The van der Waals surface area contributed by atoms with Gasteiger partial charge in [-0.05, 0) is 32.8 Å². The zero-order valence-corrected chi connectivity index (χ0v) is 16.5. The molecule has 0 saturated heterocycles. The number of thioether (sulfide) groups is 1. The van der Waals surface area contributed by atoms with Crippen LogP contribution < -0.4 is 10.6 Å². The highest BCUT2D eigenvalue weighted by Gasteiger charge is 2.31. The fourth-order valence-corrected chi connectivity index (χ4v) is 3.87. The maximum absolute atomic E-state index is 12.1. The molecule has 8 nitrogen and oxygen atoms in total. The highest BCUT2D eigenvalue weighted by atomic mass is 32.2. The number of imide groups is 1.